The molecule has 0 saturated carbocycles. The molecule has 0 saturated heterocycles. The van der Waals surface area contributed by atoms with Crippen LogP contribution in [-0.4, -0.2) is 33.6 Å². The molecule has 1 heterocycles. The Morgan fingerprint density at radius 2 is 1.62 bits per heavy atom. The smallest absolute Gasteiger partial charge is 0.355 e. The second-order valence-corrected chi connectivity index (χ2v) is 11.8. The number of hydrogen-bond acceptors (Lipinski definition) is 8. The molecule has 1 aromatic heterocycles. The number of hydrogen-bond donors (Lipinski definition) is 2. The number of benzene rings is 4. The Labute approximate surface area is 250 Å². The fraction of sp³-hybridized carbons (Fsp3) is 0.0333. The van der Waals surface area contributed by atoms with Gasteiger partial charge in [-0.25, -0.2) is 18.6 Å². The zero-order valence-corrected chi connectivity index (χ0v) is 24.3. The van der Waals surface area contributed by atoms with Crippen molar-refractivity contribution < 1.29 is 27.5 Å². The van der Waals surface area contributed by atoms with Gasteiger partial charge in [0.1, 0.15) is 4.88 Å². The first-order valence-corrected chi connectivity index (χ1v) is 15.0. The van der Waals surface area contributed by atoms with Crippen molar-refractivity contribution >= 4 is 66.8 Å². The summed E-state index contributed by atoms with van der Waals surface area (Å²) >= 11 is 7.64. The number of hydrazone groups is 1. The molecule has 0 aliphatic rings. The van der Waals surface area contributed by atoms with Crippen LogP contribution in [0.1, 0.15) is 25.6 Å². The van der Waals surface area contributed by atoms with E-state index in [1.807, 2.05) is 24.3 Å². The Hall–Kier alpha value is -4.71. The Balaban J connectivity index is 1.20. The molecule has 5 aromatic rings. The molecule has 2 N–H and O–H groups in total. The predicted octanol–water partition coefficient (Wildman–Crippen LogP) is 6.35. The summed E-state index contributed by atoms with van der Waals surface area (Å²) in [6, 6.07) is 26.1. The van der Waals surface area contributed by atoms with Gasteiger partial charge in [-0.15, -0.1) is 11.3 Å². The predicted molar refractivity (Wildman–Crippen MR) is 164 cm³/mol. The highest BCUT2D eigenvalue weighted by molar-refractivity contribution is 7.92. The molecule has 42 heavy (non-hydrogen) atoms. The summed E-state index contributed by atoms with van der Waals surface area (Å²) in [4.78, 5) is 25.8. The molecular formula is C30H22ClN3O6S2. The Morgan fingerprint density at radius 1 is 0.905 bits per heavy atom. The van der Waals surface area contributed by atoms with Crippen LogP contribution >= 0.6 is 22.9 Å². The number of sulfonamides is 1. The van der Waals surface area contributed by atoms with Crippen LogP contribution in [0.25, 0.3) is 10.1 Å². The van der Waals surface area contributed by atoms with E-state index in [1.54, 1.807) is 36.4 Å². The molecule has 0 radical (unpaired) electrons. The number of thiophene rings is 1. The number of anilines is 1. The lowest BCUT2D eigenvalue weighted by atomic mass is 10.2. The van der Waals surface area contributed by atoms with Crippen molar-refractivity contribution in [2.45, 2.75) is 4.90 Å². The zero-order valence-electron chi connectivity index (χ0n) is 21.9. The lowest BCUT2D eigenvalue weighted by Gasteiger charge is -2.09. The Kier molecular flexibility index (Phi) is 8.53. The van der Waals surface area contributed by atoms with Crippen LogP contribution in [0.3, 0.4) is 0 Å². The molecule has 1 amide bonds. The summed E-state index contributed by atoms with van der Waals surface area (Å²) in [6.07, 6.45) is 1.40. The highest BCUT2D eigenvalue weighted by atomic mass is 35.5. The third-order valence-electron chi connectivity index (χ3n) is 5.94. The first-order valence-electron chi connectivity index (χ1n) is 12.3. The van der Waals surface area contributed by atoms with Gasteiger partial charge in [0.25, 0.3) is 15.9 Å². The second-order valence-electron chi connectivity index (χ2n) is 8.74. The molecule has 0 bridgehead atoms. The van der Waals surface area contributed by atoms with E-state index in [1.165, 1.54) is 61.1 Å². The van der Waals surface area contributed by atoms with Crippen molar-refractivity contribution in [3.05, 3.63) is 118 Å². The van der Waals surface area contributed by atoms with Gasteiger partial charge in [0.05, 0.1) is 23.2 Å². The number of rotatable bonds is 9. The van der Waals surface area contributed by atoms with E-state index in [0.717, 1.165) is 10.1 Å². The molecule has 0 unspecified atom stereocenters. The van der Waals surface area contributed by atoms with Gasteiger partial charge in [-0.3, -0.25) is 9.52 Å². The minimum absolute atomic E-state index is 0.129. The van der Waals surface area contributed by atoms with Gasteiger partial charge in [0.2, 0.25) is 0 Å². The molecule has 0 fully saturated rings. The summed E-state index contributed by atoms with van der Waals surface area (Å²) in [6.45, 7) is 0. The van der Waals surface area contributed by atoms with Crippen molar-refractivity contribution in [1.29, 1.82) is 0 Å². The lowest BCUT2D eigenvalue weighted by Crippen LogP contribution is -2.18. The number of nitrogens with zero attached hydrogens (tertiary/aromatic N) is 1. The van der Waals surface area contributed by atoms with Gasteiger partial charge < -0.3 is 9.47 Å². The van der Waals surface area contributed by atoms with E-state index in [0.29, 0.717) is 16.3 Å². The lowest BCUT2D eigenvalue weighted by molar-refractivity contribution is 0.0734. The summed E-state index contributed by atoms with van der Waals surface area (Å²) in [5, 5.41) is 5.09. The first kappa shape index (κ1) is 28.8. The van der Waals surface area contributed by atoms with Crippen LogP contribution < -0.4 is 19.6 Å². The van der Waals surface area contributed by atoms with Crippen molar-refractivity contribution in [3.63, 3.8) is 0 Å². The van der Waals surface area contributed by atoms with E-state index in [-0.39, 0.29) is 26.8 Å². The largest absolute Gasteiger partial charge is 0.493 e. The van der Waals surface area contributed by atoms with Gasteiger partial charge in [0, 0.05) is 21.3 Å². The van der Waals surface area contributed by atoms with E-state index < -0.39 is 21.9 Å². The van der Waals surface area contributed by atoms with E-state index >= 15 is 0 Å². The fourth-order valence-corrected chi connectivity index (χ4v) is 6.34. The molecule has 0 spiro atoms. The van der Waals surface area contributed by atoms with Crippen molar-refractivity contribution in [3.8, 4) is 11.5 Å². The fourth-order valence-electron chi connectivity index (χ4n) is 3.87. The summed E-state index contributed by atoms with van der Waals surface area (Å²) < 4.78 is 39.2. The number of esters is 1. The number of amides is 1. The van der Waals surface area contributed by atoms with Gasteiger partial charge in [-0.1, -0.05) is 48.0 Å². The standard InChI is InChI=1S/C30H22ClN3O6S2/c1-39-25-17-19(11-16-24(25)40-30(36)28-27(31)23-9-5-6-10-26(23)41-28)18-32-33-29(35)20-12-14-21(15-13-20)34-42(37,38)22-7-3-2-4-8-22/h2-18,34H,1H3,(H,33,35)/b32-18-. The van der Waals surface area contributed by atoms with Gasteiger partial charge in [-0.2, -0.15) is 5.10 Å². The van der Waals surface area contributed by atoms with Crippen molar-refractivity contribution in [1.82, 2.24) is 5.43 Å². The molecule has 12 heteroatoms. The third kappa shape index (κ3) is 6.44. The maximum atomic E-state index is 12.8. The summed E-state index contributed by atoms with van der Waals surface area (Å²) in [5.74, 6) is -0.627. The van der Waals surface area contributed by atoms with Gasteiger partial charge >= 0.3 is 5.97 Å². The number of nitrogens with one attached hydrogen (secondary N) is 2. The number of fused-ring (bicyclic) bond motifs is 1. The monoisotopic (exact) mass is 619 g/mol. The molecule has 4 aromatic carbocycles. The highest BCUT2D eigenvalue weighted by Crippen LogP contribution is 2.37. The maximum absolute atomic E-state index is 12.8. The molecule has 5 rings (SSSR count). The number of carbonyl (C=O) groups is 2. The molecule has 212 valence electrons. The van der Waals surface area contributed by atoms with E-state index in [9.17, 15) is 18.0 Å². The molecule has 0 aliphatic carbocycles. The first-order chi connectivity index (χ1) is 20.2. The Bertz CT molecular complexity index is 1910. The van der Waals surface area contributed by atoms with Gasteiger partial charge in [-0.05, 0) is 66.2 Å². The summed E-state index contributed by atoms with van der Waals surface area (Å²) in [7, 11) is -2.31. The summed E-state index contributed by atoms with van der Waals surface area (Å²) in [5.41, 5.74) is 3.56. The molecule has 0 atom stereocenters. The van der Waals surface area contributed by atoms with Crippen LogP contribution in [0.5, 0.6) is 11.5 Å². The van der Waals surface area contributed by atoms with Crippen LogP contribution in [0.2, 0.25) is 5.02 Å². The minimum Gasteiger partial charge on any atom is -0.493 e. The third-order valence-corrected chi connectivity index (χ3v) is 9.00. The van der Waals surface area contributed by atoms with Crippen LogP contribution in [-0.2, 0) is 10.0 Å². The zero-order chi connectivity index (χ0) is 29.7. The molecule has 9 nitrogen and oxygen atoms in total. The Morgan fingerprint density at radius 3 is 2.33 bits per heavy atom. The quantitative estimate of drug-likeness (QED) is 0.0858. The maximum Gasteiger partial charge on any atom is 0.355 e. The van der Waals surface area contributed by atoms with Crippen molar-refractivity contribution in [2.75, 3.05) is 11.8 Å². The average Bonchev–Trinajstić information content (AvgIpc) is 3.34. The van der Waals surface area contributed by atoms with Gasteiger partial charge in [0.15, 0.2) is 11.5 Å². The number of ether oxygens (including phenoxy) is 2. The second kappa shape index (κ2) is 12.4. The van der Waals surface area contributed by atoms with Crippen molar-refractivity contribution in [2.24, 2.45) is 5.10 Å². The average molecular weight is 620 g/mol. The SMILES string of the molecule is COc1cc(/C=N\NC(=O)c2ccc(NS(=O)(=O)c3ccccc3)cc2)ccc1OC(=O)c1sc2ccccc2c1Cl. The number of halogens is 1. The van der Waals surface area contributed by atoms with Crippen LogP contribution in [0, 0.1) is 0 Å². The number of carbonyl (C=O) groups excluding carboxylic acids is 2. The van der Waals surface area contributed by atoms with E-state index in [4.69, 9.17) is 21.1 Å². The van der Waals surface area contributed by atoms with E-state index in [2.05, 4.69) is 15.2 Å². The molecular weight excluding hydrogens is 598 g/mol. The topological polar surface area (TPSA) is 123 Å². The molecule has 0 aliphatic heterocycles. The number of methoxy groups -OCH3 is 1. The normalized spacial score (nSPS) is 11.4. The highest BCUT2D eigenvalue weighted by Gasteiger charge is 2.20. The van der Waals surface area contributed by atoms with Crippen LogP contribution in [0.4, 0.5) is 5.69 Å². The van der Waals surface area contributed by atoms with Crippen LogP contribution in [0.15, 0.2) is 107 Å². The minimum atomic E-state index is -3.75.